The Bertz CT molecular complexity index is 582. The minimum atomic E-state index is 0.794. The van der Waals surface area contributed by atoms with Gasteiger partial charge < -0.3 is 19.7 Å². The Morgan fingerprint density at radius 1 is 1.28 bits per heavy atom. The predicted molar refractivity (Wildman–Crippen MR) is 101 cm³/mol. The molecule has 2 aliphatic rings. The molecule has 5 heteroatoms. The molecule has 1 fully saturated rings. The fourth-order valence-corrected chi connectivity index (χ4v) is 3.62. The first-order chi connectivity index (χ1) is 12.3. The largest absolute Gasteiger partial charge is 0.493 e. The Kier molecular flexibility index (Phi) is 6.56. The molecule has 1 N–H and O–H groups in total. The normalized spacial score (nSPS) is 17.9. The van der Waals surface area contributed by atoms with Gasteiger partial charge in [-0.25, -0.2) is 0 Å². The predicted octanol–water partition coefficient (Wildman–Crippen LogP) is 2.49. The van der Waals surface area contributed by atoms with E-state index in [1.807, 2.05) is 7.05 Å². The SMILES string of the molecule is CN=C(NCCc1ccc2c(c1)CCO2)N(C)CCC1CCOCC1. The Hall–Kier alpha value is -1.75. The van der Waals surface area contributed by atoms with Gasteiger partial charge in [-0.2, -0.15) is 0 Å². The molecule has 2 aliphatic heterocycles. The number of benzene rings is 1. The van der Waals surface area contributed by atoms with Gasteiger partial charge in [0.1, 0.15) is 5.75 Å². The first kappa shape index (κ1) is 18.1. The molecule has 0 aliphatic carbocycles. The van der Waals surface area contributed by atoms with Crippen LogP contribution in [0.5, 0.6) is 5.75 Å². The first-order valence-corrected chi connectivity index (χ1v) is 9.50. The number of ether oxygens (including phenoxy) is 2. The van der Waals surface area contributed by atoms with E-state index in [9.17, 15) is 0 Å². The minimum absolute atomic E-state index is 0.794. The lowest BCUT2D eigenvalue weighted by atomic mass is 9.96. The van der Waals surface area contributed by atoms with Gasteiger partial charge in [-0.3, -0.25) is 4.99 Å². The van der Waals surface area contributed by atoms with Crippen LogP contribution in [0.4, 0.5) is 0 Å². The van der Waals surface area contributed by atoms with Crippen molar-refractivity contribution in [3.63, 3.8) is 0 Å². The molecule has 0 aromatic heterocycles. The van der Waals surface area contributed by atoms with Gasteiger partial charge in [-0.05, 0) is 48.8 Å². The Balaban J connectivity index is 1.40. The van der Waals surface area contributed by atoms with E-state index in [0.29, 0.717) is 0 Å². The molecule has 0 unspecified atom stereocenters. The van der Waals surface area contributed by atoms with Crippen LogP contribution in [0.15, 0.2) is 23.2 Å². The van der Waals surface area contributed by atoms with Gasteiger partial charge in [0.15, 0.2) is 5.96 Å². The van der Waals surface area contributed by atoms with Crippen LogP contribution in [0.1, 0.15) is 30.4 Å². The van der Waals surface area contributed by atoms with Gasteiger partial charge in [0.25, 0.3) is 0 Å². The monoisotopic (exact) mass is 345 g/mol. The molecule has 5 nitrogen and oxygen atoms in total. The van der Waals surface area contributed by atoms with Crippen LogP contribution in [0.25, 0.3) is 0 Å². The lowest BCUT2D eigenvalue weighted by molar-refractivity contribution is 0.0625. The highest BCUT2D eigenvalue weighted by Crippen LogP contribution is 2.25. The maximum absolute atomic E-state index is 5.57. The minimum Gasteiger partial charge on any atom is -0.493 e. The Morgan fingerprint density at radius 2 is 2.12 bits per heavy atom. The summed E-state index contributed by atoms with van der Waals surface area (Å²) in [6.45, 7) is 4.61. The third kappa shape index (κ3) is 5.11. The van der Waals surface area contributed by atoms with Crippen LogP contribution < -0.4 is 10.1 Å². The maximum Gasteiger partial charge on any atom is 0.193 e. The van der Waals surface area contributed by atoms with Crippen LogP contribution in [0.3, 0.4) is 0 Å². The molecule has 0 radical (unpaired) electrons. The number of rotatable bonds is 6. The molecule has 0 saturated carbocycles. The highest BCUT2D eigenvalue weighted by Gasteiger charge is 2.15. The maximum atomic E-state index is 5.57. The van der Waals surface area contributed by atoms with E-state index in [1.165, 1.54) is 30.4 Å². The van der Waals surface area contributed by atoms with Crippen LogP contribution >= 0.6 is 0 Å². The number of guanidine groups is 1. The third-order valence-corrected chi connectivity index (χ3v) is 5.24. The molecule has 25 heavy (non-hydrogen) atoms. The summed E-state index contributed by atoms with van der Waals surface area (Å²) in [5.41, 5.74) is 2.70. The molecule has 1 saturated heterocycles. The van der Waals surface area contributed by atoms with E-state index in [2.05, 4.69) is 40.5 Å². The van der Waals surface area contributed by atoms with Crippen molar-refractivity contribution in [1.82, 2.24) is 10.2 Å². The van der Waals surface area contributed by atoms with Crippen LogP contribution in [0.2, 0.25) is 0 Å². The van der Waals surface area contributed by atoms with Gasteiger partial charge in [-0.1, -0.05) is 12.1 Å². The second kappa shape index (κ2) is 9.09. The first-order valence-electron chi connectivity index (χ1n) is 9.50. The quantitative estimate of drug-likeness (QED) is 0.636. The zero-order chi connectivity index (χ0) is 17.5. The Morgan fingerprint density at radius 3 is 2.92 bits per heavy atom. The van der Waals surface area contributed by atoms with Crippen molar-refractivity contribution in [2.75, 3.05) is 47.0 Å². The summed E-state index contributed by atoms with van der Waals surface area (Å²) < 4.78 is 11.0. The van der Waals surface area contributed by atoms with Crippen molar-refractivity contribution >= 4 is 5.96 Å². The summed E-state index contributed by atoms with van der Waals surface area (Å²) >= 11 is 0. The molecule has 0 spiro atoms. The van der Waals surface area contributed by atoms with E-state index in [-0.39, 0.29) is 0 Å². The van der Waals surface area contributed by atoms with E-state index in [1.54, 1.807) is 0 Å². The summed E-state index contributed by atoms with van der Waals surface area (Å²) in [5.74, 6) is 2.83. The number of hydrogen-bond donors (Lipinski definition) is 1. The molecule has 1 aromatic carbocycles. The molecule has 1 aromatic rings. The zero-order valence-electron chi connectivity index (χ0n) is 15.6. The van der Waals surface area contributed by atoms with Gasteiger partial charge in [0.2, 0.25) is 0 Å². The van der Waals surface area contributed by atoms with E-state index >= 15 is 0 Å². The third-order valence-electron chi connectivity index (χ3n) is 5.24. The van der Waals surface area contributed by atoms with Crippen molar-refractivity contribution in [3.8, 4) is 5.75 Å². The molecular formula is C20H31N3O2. The van der Waals surface area contributed by atoms with E-state index in [0.717, 1.165) is 63.4 Å². The highest BCUT2D eigenvalue weighted by molar-refractivity contribution is 5.79. The fraction of sp³-hybridized carbons (Fsp3) is 0.650. The summed E-state index contributed by atoms with van der Waals surface area (Å²) in [6, 6.07) is 6.55. The molecule has 0 atom stereocenters. The summed E-state index contributed by atoms with van der Waals surface area (Å²) in [5, 5.41) is 3.49. The topological polar surface area (TPSA) is 46.1 Å². The molecule has 2 heterocycles. The second-order valence-electron chi connectivity index (χ2n) is 7.03. The fourth-order valence-electron chi connectivity index (χ4n) is 3.62. The van der Waals surface area contributed by atoms with Crippen molar-refractivity contribution in [1.29, 1.82) is 0 Å². The van der Waals surface area contributed by atoms with Crippen molar-refractivity contribution in [2.45, 2.75) is 32.1 Å². The lowest BCUT2D eigenvalue weighted by Crippen LogP contribution is -2.40. The van der Waals surface area contributed by atoms with Gasteiger partial charge >= 0.3 is 0 Å². The van der Waals surface area contributed by atoms with E-state index in [4.69, 9.17) is 9.47 Å². The average molecular weight is 345 g/mol. The summed E-state index contributed by atoms with van der Waals surface area (Å²) in [7, 11) is 3.99. The average Bonchev–Trinajstić information content (AvgIpc) is 3.12. The van der Waals surface area contributed by atoms with Crippen molar-refractivity contribution in [2.24, 2.45) is 10.9 Å². The standard InChI is InChI=1S/C20H31N3O2/c1-21-20(23(2)11-6-16-7-12-24-13-8-16)22-10-5-17-3-4-19-18(15-17)9-14-25-19/h3-4,15-16H,5-14H2,1-2H3,(H,21,22). The number of fused-ring (bicyclic) bond motifs is 1. The van der Waals surface area contributed by atoms with Crippen LogP contribution in [-0.4, -0.2) is 57.9 Å². The Labute approximate surface area is 151 Å². The molecule has 138 valence electrons. The molecule has 0 bridgehead atoms. The number of nitrogens with zero attached hydrogens (tertiary/aromatic N) is 2. The van der Waals surface area contributed by atoms with Gasteiger partial charge in [0, 0.05) is 46.8 Å². The van der Waals surface area contributed by atoms with Crippen LogP contribution in [-0.2, 0) is 17.6 Å². The summed E-state index contributed by atoms with van der Waals surface area (Å²) in [6.07, 6.45) is 5.64. The van der Waals surface area contributed by atoms with Crippen molar-refractivity contribution < 1.29 is 9.47 Å². The molecular weight excluding hydrogens is 314 g/mol. The molecule has 3 rings (SSSR count). The second-order valence-corrected chi connectivity index (χ2v) is 7.03. The number of hydrogen-bond acceptors (Lipinski definition) is 3. The zero-order valence-corrected chi connectivity index (χ0v) is 15.6. The molecule has 0 amide bonds. The number of nitrogens with one attached hydrogen (secondary N) is 1. The van der Waals surface area contributed by atoms with Gasteiger partial charge in [0.05, 0.1) is 6.61 Å². The number of aliphatic imine (C=N–C) groups is 1. The smallest absolute Gasteiger partial charge is 0.193 e. The van der Waals surface area contributed by atoms with Gasteiger partial charge in [-0.15, -0.1) is 0 Å². The summed E-state index contributed by atoms with van der Waals surface area (Å²) in [4.78, 5) is 6.67. The lowest BCUT2D eigenvalue weighted by Gasteiger charge is -2.26. The highest BCUT2D eigenvalue weighted by atomic mass is 16.5. The van der Waals surface area contributed by atoms with Crippen molar-refractivity contribution in [3.05, 3.63) is 29.3 Å². The van der Waals surface area contributed by atoms with E-state index < -0.39 is 0 Å². The van der Waals surface area contributed by atoms with Crippen LogP contribution in [0, 0.1) is 5.92 Å².